The average Bonchev–Trinajstić information content (AvgIpc) is 2.40. The summed E-state index contributed by atoms with van der Waals surface area (Å²) in [5.74, 6) is -0.469. The maximum absolute atomic E-state index is 11.0. The van der Waals surface area contributed by atoms with Crippen LogP contribution in [0.5, 0.6) is 5.75 Å². The van der Waals surface area contributed by atoms with Gasteiger partial charge in [0, 0.05) is 12.4 Å². The molecule has 0 amide bonds. The lowest BCUT2D eigenvalue weighted by molar-refractivity contribution is -0.152. The normalized spacial score (nSPS) is 11.1. The van der Waals surface area contributed by atoms with Crippen molar-refractivity contribution in [1.82, 2.24) is 4.98 Å². The fourth-order valence-electron chi connectivity index (χ4n) is 1.59. The third-order valence-electron chi connectivity index (χ3n) is 2.74. The predicted molar refractivity (Wildman–Crippen MR) is 72.0 cm³/mol. The van der Waals surface area contributed by atoms with E-state index in [1.807, 2.05) is 24.3 Å². The molecule has 0 bridgehead atoms. The molecule has 2 aromatic rings. The number of hydrogen-bond donors (Lipinski definition) is 1. The van der Waals surface area contributed by atoms with E-state index in [0.717, 1.165) is 11.1 Å². The zero-order chi connectivity index (χ0) is 13.9. The molecule has 1 N–H and O–H groups in total. The van der Waals surface area contributed by atoms with Gasteiger partial charge in [-0.15, -0.1) is 0 Å². The van der Waals surface area contributed by atoms with Crippen LogP contribution in [0.2, 0.25) is 0 Å². The first-order valence-corrected chi connectivity index (χ1v) is 5.92. The molecule has 0 radical (unpaired) electrons. The van der Waals surface area contributed by atoms with Gasteiger partial charge in [0.15, 0.2) is 5.60 Å². The third-order valence-corrected chi connectivity index (χ3v) is 2.74. The van der Waals surface area contributed by atoms with Gasteiger partial charge in [0.05, 0.1) is 0 Å². The number of carboxylic acids is 1. The van der Waals surface area contributed by atoms with Gasteiger partial charge in [0.1, 0.15) is 5.75 Å². The Bertz CT molecular complexity index is 562. The molecule has 0 aliphatic rings. The lowest BCUT2D eigenvalue weighted by atomic mass is 10.1. The van der Waals surface area contributed by atoms with Crippen molar-refractivity contribution in [3.8, 4) is 16.9 Å². The highest BCUT2D eigenvalue weighted by Crippen LogP contribution is 2.24. The van der Waals surface area contributed by atoms with Gasteiger partial charge >= 0.3 is 5.97 Å². The molecule has 0 unspecified atom stereocenters. The SMILES string of the molecule is CC(C)(Oc1ccc(-c2cccnc2)cc1)C(=O)O. The maximum Gasteiger partial charge on any atom is 0.347 e. The summed E-state index contributed by atoms with van der Waals surface area (Å²) in [4.78, 5) is 15.0. The molecule has 0 saturated heterocycles. The van der Waals surface area contributed by atoms with Crippen LogP contribution in [0.1, 0.15) is 13.8 Å². The minimum Gasteiger partial charge on any atom is -0.478 e. The van der Waals surface area contributed by atoms with Gasteiger partial charge in [-0.3, -0.25) is 4.98 Å². The van der Waals surface area contributed by atoms with Crippen molar-refractivity contribution >= 4 is 5.97 Å². The predicted octanol–water partition coefficient (Wildman–Crippen LogP) is 2.99. The first kappa shape index (κ1) is 13.1. The van der Waals surface area contributed by atoms with E-state index in [0.29, 0.717) is 5.75 Å². The highest BCUT2D eigenvalue weighted by Gasteiger charge is 2.29. The molecule has 2 rings (SSSR count). The van der Waals surface area contributed by atoms with E-state index in [4.69, 9.17) is 9.84 Å². The van der Waals surface area contributed by atoms with Crippen molar-refractivity contribution in [2.75, 3.05) is 0 Å². The molecule has 0 aliphatic carbocycles. The molecule has 1 aromatic heterocycles. The number of carbonyl (C=O) groups is 1. The maximum atomic E-state index is 11.0. The number of ether oxygens (including phenoxy) is 1. The van der Waals surface area contributed by atoms with E-state index in [-0.39, 0.29) is 0 Å². The summed E-state index contributed by atoms with van der Waals surface area (Å²) in [6.45, 7) is 3.04. The van der Waals surface area contributed by atoms with E-state index in [9.17, 15) is 4.79 Å². The van der Waals surface area contributed by atoms with Crippen LogP contribution in [-0.2, 0) is 4.79 Å². The fraction of sp³-hybridized carbons (Fsp3) is 0.200. The molecule has 1 aromatic carbocycles. The number of pyridine rings is 1. The van der Waals surface area contributed by atoms with Crippen molar-refractivity contribution in [1.29, 1.82) is 0 Å². The molecular formula is C15H15NO3. The van der Waals surface area contributed by atoms with E-state index in [1.165, 1.54) is 13.8 Å². The Morgan fingerprint density at radius 2 is 1.84 bits per heavy atom. The van der Waals surface area contributed by atoms with Crippen molar-refractivity contribution in [2.24, 2.45) is 0 Å². The molecule has 0 saturated carbocycles. The Labute approximate surface area is 111 Å². The molecule has 0 fully saturated rings. The first-order chi connectivity index (χ1) is 8.99. The Balaban J connectivity index is 2.18. The standard InChI is InChI=1S/C15H15NO3/c1-15(2,14(17)18)19-13-7-5-11(6-8-13)12-4-3-9-16-10-12/h3-10H,1-2H3,(H,17,18). The second-order valence-corrected chi connectivity index (χ2v) is 4.68. The molecular weight excluding hydrogens is 242 g/mol. The Hall–Kier alpha value is -2.36. The Morgan fingerprint density at radius 3 is 2.37 bits per heavy atom. The second-order valence-electron chi connectivity index (χ2n) is 4.68. The molecule has 0 spiro atoms. The lowest BCUT2D eigenvalue weighted by Gasteiger charge is -2.21. The quantitative estimate of drug-likeness (QED) is 0.914. The van der Waals surface area contributed by atoms with Crippen LogP contribution < -0.4 is 4.74 Å². The largest absolute Gasteiger partial charge is 0.478 e. The van der Waals surface area contributed by atoms with Gasteiger partial charge < -0.3 is 9.84 Å². The number of hydrogen-bond acceptors (Lipinski definition) is 3. The van der Waals surface area contributed by atoms with Gasteiger partial charge in [0.25, 0.3) is 0 Å². The summed E-state index contributed by atoms with van der Waals surface area (Å²) >= 11 is 0. The van der Waals surface area contributed by atoms with Crippen molar-refractivity contribution in [2.45, 2.75) is 19.4 Å². The summed E-state index contributed by atoms with van der Waals surface area (Å²) in [6.07, 6.45) is 3.49. The highest BCUT2D eigenvalue weighted by atomic mass is 16.5. The molecule has 98 valence electrons. The van der Waals surface area contributed by atoms with E-state index in [2.05, 4.69) is 4.98 Å². The summed E-state index contributed by atoms with van der Waals surface area (Å²) < 4.78 is 5.44. The van der Waals surface area contributed by atoms with Gasteiger partial charge in [0.2, 0.25) is 0 Å². The number of rotatable bonds is 4. The highest BCUT2D eigenvalue weighted by molar-refractivity contribution is 5.76. The van der Waals surface area contributed by atoms with Gasteiger partial charge in [-0.1, -0.05) is 18.2 Å². The lowest BCUT2D eigenvalue weighted by Crippen LogP contribution is -2.37. The second kappa shape index (κ2) is 5.10. The van der Waals surface area contributed by atoms with E-state index >= 15 is 0 Å². The number of aromatic nitrogens is 1. The third kappa shape index (κ3) is 3.10. The smallest absolute Gasteiger partial charge is 0.347 e. The van der Waals surface area contributed by atoms with Gasteiger partial charge in [-0.2, -0.15) is 0 Å². The van der Waals surface area contributed by atoms with Crippen molar-refractivity contribution in [3.63, 3.8) is 0 Å². The molecule has 0 aliphatic heterocycles. The van der Waals surface area contributed by atoms with Crippen LogP contribution >= 0.6 is 0 Å². The molecule has 4 heteroatoms. The zero-order valence-electron chi connectivity index (χ0n) is 10.8. The van der Waals surface area contributed by atoms with Crippen LogP contribution in [0.3, 0.4) is 0 Å². The van der Waals surface area contributed by atoms with Crippen LogP contribution in [-0.4, -0.2) is 21.7 Å². The average molecular weight is 257 g/mol. The molecule has 0 atom stereocenters. The van der Waals surface area contributed by atoms with Gasteiger partial charge in [-0.25, -0.2) is 4.79 Å². The van der Waals surface area contributed by atoms with Gasteiger partial charge in [-0.05, 0) is 43.2 Å². The Morgan fingerprint density at radius 1 is 1.16 bits per heavy atom. The summed E-state index contributed by atoms with van der Waals surface area (Å²) in [6, 6.07) is 11.1. The first-order valence-electron chi connectivity index (χ1n) is 5.92. The minimum atomic E-state index is -1.24. The van der Waals surface area contributed by atoms with E-state index in [1.54, 1.807) is 24.5 Å². The summed E-state index contributed by atoms with van der Waals surface area (Å²) in [5, 5.41) is 9.00. The van der Waals surface area contributed by atoms with Crippen molar-refractivity contribution in [3.05, 3.63) is 48.8 Å². The minimum absolute atomic E-state index is 0.528. The van der Waals surface area contributed by atoms with Crippen LogP contribution in [0, 0.1) is 0 Å². The summed E-state index contributed by atoms with van der Waals surface area (Å²) in [7, 11) is 0. The van der Waals surface area contributed by atoms with Crippen LogP contribution in [0.25, 0.3) is 11.1 Å². The molecule has 4 nitrogen and oxygen atoms in total. The van der Waals surface area contributed by atoms with Crippen LogP contribution in [0.15, 0.2) is 48.8 Å². The molecule has 19 heavy (non-hydrogen) atoms. The Kier molecular flexibility index (Phi) is 3.51. The zero-order valence-corrected chi connectivity index (χ0v) is 10.8. The molecule has 1 heterocycles. The fourth-order valence-corrected chi connectivity index (χ4v) is 1.59. The number of carboxylic acid groups (broad SMARTS) is 1. The van der Waals surface area contributed by atoms with Crippen LogP contribution in [0.4, 0.5) is 0 Å². The van der Waals surface area contributed by atoms with E-state index < -0.39 is 11.6 Å². The monoisotopic (exact) mass is 257 g/mol. The topological polar surface area (TPSA) is 59.4 Å². The van der Waals surface area contributed by atoms with Crippen molar-refractivity contribution < 1.29 is 14.6 Å². The summed E-state index contributed by atoms with van der Waals surface area (Å²) in [5.41, 5.74) is 0.774. The number of benzene rings is 1. The number of nitrogens with zero attached hydrogens (tertiary/aromatic N) is 1. The number of aliphatic carboxylic acids is 1.